The number of nitrogens with one attached hydrogen (secondary N) is 1. The molecule has 1 saturated heterocycles. The first-order chi connectivity index (χ1) is 14.5. The largest absolute Gasteiger partial charge is 0.342 e. The predicted octanol–water partition coefficient (Wildman–Crippen LogP) is 1.82. The van der Waals surface area contributed by atoms with Gasteiger partial charge in [0.05, 0.1) is 17.8 Å². The quantitative estimate of drug-likeness (QED) is 0.831. The number of hydrogen-bond donors (Lipinski definition) is 1. The maximum atomic E-state index is 13.2. The number of piperidine rings is 1. The summed E-state index contributed by atoms with van der Waals surface area (Å²) in [5.74, 6) is 0.823. The smallest absolute Gasteiger partial charge is 0.277 e. The lowest BCUT2D eigenvalue weighted by molar-refractivity contribution is -0.134. The molecule has 0 unspecified atom stereocenters. The van der Waals surface area contributed by atoms with E-state index in [-0.39, 0.29) is 23.3 Å². The van der Waals surface area contributed by atoms with E-state index in [2.05, 4.69) is 5.10 Å². The van der Waals surface area contributed by atoms with Crippen molar-refractivity contribution in [2.45, 2.75) is 64.3 Å². The second-order valence-electron chi connectivity index (χ2n) is 8.96. The Morgan fingerprint density at radius 1 is 1.20 bits per heavy atom. The average Bonchev–Trinajstić information content (AvgIpc) is 3.52. The van der Waals surface area contributed by atoms with Crippen LogP contribution in [0.1, 0.15) is 68.3 Å². The summed E-state index contributed by atoms with van der Waals surface area (Å²) in [5, 5.41) is 3.26. The number of aromatic nitrogens is 3. The summed E-state index contributed by atoms with van der Waals surface area (Å²) in [5.41, 5.74) is 2.91. The molecule has 1 aliphatic carbocycles. The van der Waals surface area contributed by atoms with Crippen molar-refractivity contribution in [2.75, 3.05) is 19.6 Å². The zero-order valence-corrected chi connectivity index (χ0v) is 17.5. The van der Waals surface area contributed by atoms with Gasteiger partial charge in [0.1, 0.15) is 0 Å². The number of likely N-dealkylation sites (tertiary alicyclic amines) is 1. The van der Waals surface area contributed by atoms with Gasteiger partial charge < -0.3 is 9.80 Å². The van der Waals surface area contributed by atoms with Crippen molar-refractivity contribution >= 4 is 17.5 Å². The summed E-state index contributed by atoms with van der Waals surface area (Å²) in [4.78, 5) is 46.4. The van der Waals surface area contributed by atoms with Gasteiger partial charge >= 0.3 is 0 Å². The molecule has 8 nitrogen and oxygen atoms in total. The van der Waals surface area contributed by atoms with Crippen LogP contribution in [0.3, 0.4) is 0 Å². The lowest BCUT2D eigenvalue weighted by Crippen LogP contribution is -2.40. The molecule has 0 spiro atoms. The number of hydrogen-bond acceptors (Lipinski definition) is 4. The average molecular weight is 412 g/mol. The van der Waals surface area contributed by atoms with Crippen molar-refractivity contribution in [1.82, 2.24) is 24.4 Å². The molecule has 4 heterocycles. The topological polar surface area (TPSA) is 90.8 Å². The molecule has 1 N–H and O–H groups in total. The molecule has 2 aliphatic heterocycles. The van der Waals surface area contributed by atoms with Crippen molar-refractivity contribution in [1.29, 1.82) is 0 Å². The van der Waals surface area contributed by atoms with Gasteiger partial charge in [0, 0.05) is 56.1 Å². The third-order valence-electron chi connectivity index (χ3n) is 6.70. The normalized spacial score (nSPS) is 21.7. The summed E-state index contributed by atoms with van der Waals surface area (Å²) in [6, 6.07) is 1.96. The summed E-state index contributed by atoms with van der Waals surface area (Å²) in [6.45, 7) is 4.48. The summed E-state index contributed by atoms with van der Waals surface area (Å²) in [6.07, 6.45) is 5.95. The lowest BCUT2D eigenvalue weighted by Gasteiger charge is -2.32. The van der Waals surface area contributed by atoms with Crippen LogP contribution in [-0.2, 0) is 22.6 Å². The molecule has 2 fully saturated rings. The number of aromatic amines is 1. The molecule has 2 amide bonds. The van der Waals surface area contributed by atoms with Crippen molar-refractivity contribution in [2.24, 2.45) is 5.92 Å². The minimum absolute atomic E-state index is 0.0995. The minimum atomic E-state index is -0.114. The summed E-state index contributed by atoms with van der Waals surface area (Å²) >= 11 is 0. The zero-order valence-electron chi connectivity index (χ0n) is 17.5. The highest BCUT2D eigenvalue weighted by Crippen LogP contribution is 2.34. The van der Waals surface area contributed by atoms with Gasteiger partial charge in [0.2, 0.25) is 11.8 Å². The summed E-state index contributed by atoms with van der Waals surface area (Å²) < 4.78 is 1.52. The van der Waals surface area contributed by atoms with Crippen LogP contribution in [0.2, 0.25) is 0 Å². The van der Waals surface area contributed by atoms with Crippen LogP contribution in [0.15, 0.2) is 10.9 Å². The number of rotatable bonds is 4. The Kier molecular flexibility index (Phi) is 4.87. The zero-order chi connectivity index (χ0) is 20.8. The third kappa shape index (κ3) is 3.42. The van der Waals surface area contributed by atoms with Gasteiger partial charge in [-0.3, -0.25) is 19.5 Å². The van der Waals surface area contributed by atoms with Crippen molar-refractivity contribution < 1.29 is 9.59 Å². The van der Waals surface area contributed by atoms with E-state index in [4.69, 9.17) is 4.98 Å². The monoisotopic (exact) mass is 411 g/mol. The molecule has 0 aromatic carbocycles. The minimum Gasteiger partial charge on any atom is -0.342 e. The molecule has 1 atom stereocenters. The molecule has 0 radical (unpaired) electrons. The molecule has 2 aromatic rings. The summed E-state index contributed by atoms with van der Waals surface area (Å²) in [7, 11) is 0. The Morgan fingerprint density at radius 3 is 2.80 bits per heavy atom. The van der Waals surface area contributed by atoms with Gasteiger partial charge in [0.15, 0.2) is 5.65 Å². The van der Waals surface area contributed by atoms with Crippen LogP contribution in [0.4, 0.5) is 0 Å². The fourth-order valence-corrected chi connectivity index (χ4v) is 4.81. The molecule has 8 heteroatoms. The molecular weight excluding hydrogens is 382 g/mol. The molecule has 1 saturated carbocycles. The van der Waals surface area contributed by atoms with E-state index in [0.29, 0.717) is 49.6 Å². The molecule has 0 bridgehead atoms. The number of nitrogens with zero attached hydrogens (tertiary/aromatic N) is 4. The lowest BCUT2D eigenvalue weighted by atomic mass is 9.94. The fraction of sp³-hybridized carbons (Fsp3) is 0.636. The third-order valence-corrected chi connectivity index (χ3v) is 6.70. The Labute approximate surface area is 175 Å². The number of H-pyrrole nitrogens is 1. The van der Waals surface area contributed by atoms with Crippen LogP contribution >= 0.6 is 0 Å². The van der Waals surface area contributed by atoms with Gasteiger partial charge in [-0.05, 0) is 32.1 Å². The Bertz CT molecular complexity index is 1050. The van der Waals surface area contributed by atoms with E-state index in [1.165, 1.54) is 4.52 Å². The second kappa shape index (κ2) is 7.56. The highest BCUT2D eigenvalue weighted by atomic mass is 16.2. The first-order valence-electron chi connectivity index (χ1n) is 11.2. The van der Waals surface area contributed by atoms with E-state index < -0.39 is 0 Å². The first kappa shape index (κ1) is 19.3. The van der Waals surface area contributed by atoms with E-state index in [9.17, 15) is 14.4 Å². The predicted molar refractivity (Wildman–Crippen MR) is 111 cm³/mol. The maximum Gasteiger partial charge on any atom is 0.277 e. The SMILES string of the molecule is CCCC(=O)N1CCc2nc3cc([C@H]4CCCN(C(=O)C5CC5)C4)[nH]n3c(=O)c2C1. The van der Waals surface area contributed by atoms with Crippen LogP contribution < -0.4 is 5.56 Å². The molecule has 30 heavy (non-hydrogen) atoms. The van der Waals surface area contributed by atoms with Gasteiger partial charge in [-0.2, -0.15) is 0 Å². The number of amides is 2. The standard InChI is InChI=1S/C22H29N5O3/c1-2-4-20(28)25-10-8-17-16(13-25)22(30)27-19(23-17)11-18(24-27)15-5-3-9-26(12-15)21(29)14-6-7-14/h11,14-15,24H,2-10,12-13H2,1H3/t15-/m0/s1. The van der Waals surface area contributed by atoms with Gasteiger partial charge in [-0.25, -0.2) is 9.50 Å². The molecule has 2 aromatic heterocycles. The number of carbonyl (C=O) groups is 2. The Hall–Kier alpha value is -2.64. The highest BCUT2D eigenvalue weighted by Gasteiger charge is 2.36. The highest BCUT2D eigenvalue weighted by molar-refractivity contribution is 5.81. The van der Waals surface area contributed by atoms with Crippen molar-refractivity contribution in [3.63, 3.8) is 0 Å². The second-order valence-corrected chi connectivity index (χ2v) is 8.96. The van der Waals surface area contributed by atoms with E-state index in [1.54, 1.807) is 4.90 Å². The maximum absolute atomic E-state index is 13.2. The van der Waals surface area contributed by atoms with Crippen LogP contribution in [0.25, 0.3) is 5.65 Å². The van der Waals surface area contributed by atoms with E-state index in [0.717, 1.165) is 50.0 Å². The van der Waals surface area contributed by atoms with Crippen molar-refractivity contribution in [3.05, 3.63) is 33.4 Å². The van der Waals surface area contributed by atoms with Crippen LogP contribution in [0.5, 0.6) is 0 Å². The Morgan fingerprint density at radius 2 is 2.03 bits per heavy atom. The number of carbonyl (C=O) groups excluding carboxylic acids is 2. The molecular formula is C22H29N5O3. The van der Waals surface area contributed by atoms with E-state index in [1.807, 2.05) is 17.9 Å². The van der Waals surface area contributed by atoms with Gasteiger partial charge in [0.25, 0.3) is 5.56 Å². The van der Waals surface area contributed by atoms with Crippen LogP contribution in [0, 0.1) is 5.92 Å². The van der Waals surface area contributed by atoms with Crippen LogP contribution in [-0.4, -0.2) is 55.8 Å². The molecule has 160 valence electrons. The van der Waals surface area contributed by atoms with Gasteiger partial charge in [-0.15, -0.1) is 0 Å². The van der Waals surface area contributed by atoms with Gasteiger partial charge in [-0.1, -0.05) is 6.92 Å². The molecule has 5 rings (SSSR count). The molecule has 3 aliphatic rings. The fourth-order valence-electron chi connectivity index (χ4n) is 4.81. The van der Waals surface area contributed by atoms with Crippen molar-refractivity contribution in [3.8, 4) is 0 Å². The van der Waals surface area contributed by atoms with E-state index >= 15 is 0 Å². The number of fused-ring (bicyclic) bond motifs is 2. The first-order valence-corrected chi connectivity index (χ1v) is 11.2. The Balaban J connectivity index is 1.41.